The SMILES string of the molecule is Cc1c(C)c(C)c2c(c1C)C(=O)C[C@H]1CCN(C)CC21. The Balaban J connectivity index is 2.24. The Bertz CT molecular complexity index is 588. The minimum Gasteiger partial charge on any atom is -0.306 e. The summed E-state index contributed by atoms with van der Waals surface area (Å²) in [4.78, 5) is 15.1. The van der Waals surface area contributed by atoms with Gasteiger partial charge in [0, 0.05) is 24.4 Å². The van der Waals surface area contributed by atoms with Crippen LogP contribution in [0.3, 0.4) is 0 Å². The lowest BCUT2D eigenvalue weighted by Crippen LogP contribution is -2.41. The second-order valence-corrected chi connectivity index (χ2v) is 6.83. The lowest BCUT2D eigenvalue weighted by molar-refractivity contribution is 0.0885. The van der Waals surface area contributed by atoms with Crippen LogP contribution in [0.25, 0.3) is 0 Å². The third-order valence-electron chi connectivity index (χ3n) is 5.79. The Kier molecular flexibility index (Phi) is 3.24. The molecule has 1 aromatic rings. The number of hydrogen-bond acceptors (Lipinski definition) is 2. The van der Waals surface area contributed by atoms with E-state index in [1.54, 1.807) is 0 Å². The summed E-state index contributed by atoms with van der Waals surface area (Å²) in [6.07, 6.45) is 1.92. The van der Waals surface area contributed by atoms with E-state index in [-0.39, 0.29) is 0 Å². The van der Waals surface area contributed by atoms with Crippen molar-refractivity contribution in [1.82, 2.24) is 4.90 Å². The van der Waals surface area contributed by atoms with Gasteiger partial charge in [-0.15, -0.1) is 0 Å². The van der Waals surface area contributed by atoms with Crippen LogP contribution in [0.15, 0.2) is 0 Å². The summed E-state index contributed by atoms with van der Waals surface area (Å²) in [5, 5.41) is 0. The molecule has 1 fully saturated rings. The van der Waals surface area contributed by atoms with E-state index in [2.05, 4.69) is 39.6 Å². The summed E-state index contributed by atoms with van der Waals surface area (Å²) in [7, 11) is 2.20. The summed E-state index contributed by atoms with van der Waals surface area (Å²) in [5.74, 6) is 1.50. The normalized spacial score (nSPS) is 26.4. The second-order valence-electron chi connectivity index (χ2n) is 6.83. The zero-order valence-corrected chi connectivity index (χ0v) is 13.3. The standard InChI is InChI=1S/C18H25NO/c1-10-11(2)13(4)18-16(20)8-14-6-7-19(5)9-15(14)17(18)12(10)3/h14-15H,6-9H2,1-5H3/t14-,15?/m1/s1. The molecule has 1 aromatic carbocycles. The van der Waals surface area contributed by atoms with Crippen LogP contribution in [0.5, 0.6) is 0 Å². The average Bonchev–Trinajstić information content (AvgIpc) is 2.42. The Labute approximate surface area is 122 Å². The highest BCUT2D eigenvalue weighted by Crippen LogP contribution is 2.44. The first kappa shape index (κ1) is 13.8. The highest BCUT2D eigenvalue weighted by atomic mass is 16.1. The maximum Gasteiger partial charge on any atom is 0.163 e. The topological polar surface area (TPSA) is 20.3 Å². The highest BCUT2D eigenvalue weighted by molar-refractivity contribution is 6.01. The van der Waals surface area contributed by atoms with Gasteiger partial charge in [0.1, 0.15) is 0 Å². The predicted octanol–water partition coefficient (Wildman–Crippen LogP) is 3.54. The number of likely N-dealkylation sites (tertiary alicyclic amines) is 1. The molecular weight excluding hydrogens is 246 g/mol. The number of fused-ring (bicyclic) bond motifs is 3. The van der Waals surface area contributed by atoms with Gasteiger partial charge in [-0.05, 0) is 81.4 Å². The van der Waals surface area contributed by atoms with Gasteiger partial charge in [-0.3, -0.25) is 4.79 Å². The van der Waals surface area contributed by atoms with Gasteiger partial charge in [0.2, 0.25) is 0 Å². The highest BCUT2D eigenvalue weighted by Gasteiger charge is 2.39. The van der Waals surface area contributed by atoms with Crippen LogP contribution in [-0.4, -0.2) is 30.8 Å². The molecule has 2 nitrogen and oxygen atoms in total. The van der Waals surface area contributed by atoms with Crippen molar-refractivity contribution in [2.24, 2.45) is 5.92 Å². The van der Waals surface area contributed by atoms with Crippen molar-refractivity contribution in [3.8, 4) is 0 Å². The number of rotatable bonds is 0. The molecule has 1 heterocycles. The minimum absolute atomic E-state index is 0.384. The smallest absolute Gasteiger partial charge is 0.163 e. The number of hydrogen-bond donors (Lipinski definition) is 0. The van der Waals surface area contributed by atoms with Crippen LogP contribution in [0.2, 0.25) is 0 Å². The monoisotopic (exact) mass is 271 g/mol. The zero-order chi connectivity index (χ0) is 14.6. The summed E-state index contributed by atoms with van der Waals surface area (Å²) < 4.78 is 0. The number of likely N-dealkylation sites (N-methyl/N-ethyl adjacent to an activating group) is 1. The zero-order valence-electron chi connectivity index (χ0n) is 13.3. The number of Topliss-reactive ketones (excluding diaryl/α,β-unsaturated/α-hetero) is 1. The lowest BCUT2D eigenvalue weighted by Gasteiger charge is -2.42. The Hall–Kier alpha value is -1.15. The van der Waals surface area contributed by atoms with E-state index >= 15 is 0 Å². The molecule has 20 heavy (non-hydrogen) atoms. The maximum absolute atomic E-state index is 12.6. The van der Waals surface area contributed by atoms with Crippen LogP contribution in [-0.2, 0) is 0 Å². The summed E-state index contributed by atoms with van der Waals surface area (Å²) >= 11 is 0. The van der Waals surface area contributed by atoms with Crippen LogP contribution in [0.1, 0.15) is 56.9 Å². The van der Waals surface area contributed by atoms with Crippen molar-refractivity contribution in [3.63, 3.8) is 0 Å². The molecule has 2 heteroatoms. The first-order valence-electron chi connectivity index (χ1n) is 7.73. The van der Waals surface area contributed by atoms with E-state index in [0.717, 1.165) is 31.5 Å². The predicted molar refractivity (Wildman–Crippen MR) is 82.7 cm³/mol. The fourth-order valence-electron chi connectivity index (χ4n) is 4.24. The fraction of sp³-hybridized carbons (Fsp3) is 0.611. The van der Waals surface area contributed by atoms with Gasteiger partial charge in [-0.1, -0.05) is 0 Å². The van der Waals surface area contributed by atoms with Crippen molar-refractivity contribution < 1.29 is 4.79 Å². The molecule has 108 valence electrons. The van der Waals surface area contributed by atoms with E-state index in [1.807, 2.05) is 0 Å². The van der Waals surface area contributed by atoms with Crippen LogP contribution in [0.4, 0.5) is 0 Å². The van der Waals surface area contributed by atoms with Gasteiger partial charge in [0.15, 0.2) is 5.78 Å². The lowest BCUT2D eigenvalue weighted by atomic mass is 9.67. The number of piperidine rings is 1. The summed E-state index contributed by atoms with van der Waals surface area (Å²) in [6.45, 7) is 10.9. The number of carbonyl (C=O) groups excluding carboxylic acids is 1. The third-order valence-corrected chi connectivity index (χ3v) is 5.79. The Morgan fingerprint density at radius 2 is 1.65 bits per heavy atom. The molecule has 0 bridgehead atoms. The molecule has 0 aromatic heterocycles. The number of ketones is 1. The van der Waals surface area contributed by atoms with Gasteiger partial charge < -0.3 is 4.90 Å². The molecule has 0 radical (unpaired) electrons. The molecule has 1 aliphatic carbocycles. The first-order chi connectivity index (χ1) is 9.41. The molecule has 0 saturated carbocycles. The summed E-state index contributed by atoms with van der Waals surface area (Å²) in [6, 6.07) is 0. The van der Waals surface area contributed by atoms with Gasteiger partial charge in [-0.2, -0.15) is 0 Å². The second kappa shape index (κ2) is 4.70. The van der Waals surface area contributed by atoms with Crippen molar-refractivity contribution in [2.75, 3.05) is 20.1 Å². The number of nitrogens with zero attached hydrogens (tertiary/aromatic N) is 1. The van der Waals surface area contributed by atoms with Crippen LogP contribution in [0, 0.1) is 33.6 Å². The van der Waals surface area contributed by atoms with Gasteiger partial charge in [0.05, 0.1) is 0 Å². The Morgan fingerprint density at radius 3 is 2.35 bits per heavy atom. The third kappa shape index (κ3) is 1.85. The number of carbonyl (C=O) groups is 1. The van der Waals surface area contributed by atoms with Gasteiger partial charge in [-0.25, -0.2) is 0 Å². The van der Waals surface area contributed by atoms with E-state index < -0.39 is 0 Å². The molecule has 2 aliphatic rings. The van der Waals surface area contributed by atoms with Gasteiger partial charge in [0.25, 0.3) is 0 Å². The van der Waals surface area contributed by atoms with E-state index in [0.29, 0.717) is 17.6 Å². The van der Waals surface area contributed by atoms with Crippen LogP contribution >= 0.6 is 0 Å². The molecule has 2 atom stereocenters. The molecule has 1 unspecified atom stereocenters. The Morgan fingerprint density at radius 1 is 1.00 bits per heavy atom. The van der Waals surface area contributed by atoms with Crippen LogP contribution < -0.4 is 0 Å². The minimum atomic E-state index is 0.384. The summed E-state index contributed by atoms with van der Waals surface area (Å²) in [5.41, 5.74) is 7.70. The quantitative estimate of drug-likeness (QED) is 0.719. The van der Waals surface area contributed by atoms with E-state index in [9.17, 15) is 4.79 Å². The van der Waals surface area contributed by atoms with Gasteiger partial charge >= 0.3 is 0 Å². The van der Waals surface area contributed by atoms with Crippen molar-refractivity contribution >= 4 is 5.78 Å². The molecule has 0 N–H and O–H groups in total. The molecule has 3 rings (SSSR count). The molecule has 0 spiro atoms. The molecule has 1 aliphatic heterocycles. The van der Waals surface area contributed by atoms with E-state index in [4.69, 9.17) is 0 Å². The average molecular weight is 271 g/mol. The first-order valence-corrected chi connectivity index (χ1v) is 7.73. The fourth-order valence-corrected chi connectivity index (χ4v) is 4.24. The van der Waals surface area contributed by atoms with E-state index in [1.165, 1.54) is 27.8 Å². The van der Waals surface area contributed by atoms with Crippen molar-refractivity contribution in [1.29, 1.82) is 0 Å². The molecule has 1 saturated heterocycles. The maximum atomic E-state index is 12.6. The number of benzene rings is 1. The van der Waals surface area contributed by atoms with Crippen molar-refractivity contribution in [3.05, 3.63) is 33.4 Å². The van der Waals surface area contributed by atoms with Crippen molar-refractivity contribution in [2.45, 2.75) is 46.5 Å². The molecular formula is C18H25NO. The molecule has 0 amide bonds. The largest absolute Gasteiger partial charge is 0.306 e.